The molecule has 2 aromatic rings. The van der Waals surface area contributed by atoms with Gasteiger partial charge in [-0.25, -0.2) is 0 Å². The van der Waals surface area contributed by atoms with Gasteiger partial charge in [0.25, 0.3) is 5.91 Å². The standard InChI is InChI=1S/C16H15BrN2O5/c1-19(8-10-2-3-11-13(6-10)23-9-22-11)15(20)7-18-16(21)12-4-5-14(17)24-12/h2-6H,7-9H2,1H3,(H,18,21). The largest absolute Gasteiger partial charge is 0.454 e. The molecule has 1 aliphatic rings. The smallest absolute Gasteiger partial charge is 0.287 e. The van der Waals surface area contributed by atoms with E-state index in [0.29, 0.717) is 22.7 Å². The van der Waals surface area contributed by atoms with E-state index in [1.54, 1.807) is 13.1 Å². The van der Waals surface area contributed by atoms with Crippen LogP contribution in [0.25, 0.3) is 0 Å². The van der Waals surface area contributed by atoms with Crippen LogP contribution in [0, 0.1) is 0 Å². The molecule has 1 N–H and O–H groups in total. The van der Waals surface area contributed by atoms with Gasteiger partial charge in [-0.3, -0.25) is 9.59 Å². The average molecular weight is 395 g/mol. The van der Waals surface area contributed by atoms with Crippen molar-refractivity contribution in [1.29, 1.82) is 0 Å². The van der Waals surface area contributed by atoms with Crippen molar-refractivity contribution < 1.29 is 23.5 Å². The topological polar surface area (TPSA) is 81.0 Å². The van der Waals surface area contributed by atoms with Crippen molar-refractivity contribution in [3.05, 3.63) is 46.3 Å². The summed E-state index contributed by atoms with van der Waals surface area (Å²) >= 11 is 3.12. The summed E-state index contributed by atoms with van der Waals surface area (Å²) in [5.74, 6) is 0.861. The normalized spacial score (nSPS) is 12.1. The van der Waals surface area contributed by atoms with Crippen molar-refractivity contribution in [1.82, 2.24) is 10.2 Å². The van der Waals surface area contributed by atoms with E-state index >= 15 is 0 Å². The second-order valence-corrected chi connectivity index (χ2v) is 6.01. The maximum Gasteiger partial charge on any atom is 0.287 e. The summed E-state index contributed by atoms with van der Waals surface area (Å²) in [5, 5.41) is 2.53. The van der Waals surface area contributed by atoms with Crippen molar-refractivity contribution in [2.75, 3.05) is 20.4 Å². The molecule has 1 aromatic carbocycles. The van der Waals surface area contributed by atoms with E-state index in [-0.39, 0.29) is 25.0 Å². The first-order valence-electron chi connectivity index (χ1n) is 7.19. The first-order valence-corrected chi connectivity index (χ1v) is 7.98. The first-order chi connectivity index (χ1) is 11.5. The molecule has 24 heavy (non-hydrogen) atoms. The fourth-order valence-corrected chi connectivity index (χ4v) is 2.52. The highest BCUT2D eigenvalue weighted by Gasteiger charge is 2.17. The molecule has 1 aromatic heterocycles. The third kappa shape index (κ3) is 3.70. The van der Waals surface area contributed by atoms with Crippen molar-refractivity contribution >= 4 is 27.7 Å². The van der Waals surface area contributed by atoms with Gasteiger partial charge in [0.2, 0.25) is 12.7 Å². The Morgan fingerprint density at radius 1 is 1.21 bits per heavy atom. The van der Waals surface area contributed by atoms with Crippen LogP contribution in [0.1, 0.15) is 16.1 Å². The average Bonchev–Trinajstić information content (AvgIpc) is 3.20. The Balaban J connectivity index is 1.52. The zero-order chi connectivity index (χ0) is 17.1. The minimum atomic E-state index is -0.439. The van der Waals surface area contributed by atoms with Gasteiger partial charge in [0.15, 0.2) is 21.9 Å². The zero-order valence-electron chi connectivity index (χ0n) is 12.9. The van der Waals surface area contributed by atoms with Crippen LogP contribution in [0.3, 0.4) is 0 Å². The highest BCUT2D eigenvalue weighted by Crippen LogP contribution is 2.32. The molecule has 1 aliphatic heterocycles. The number of ether oxygens (including phenoxy) is 2. The maximum absolute atomic E-state index is 12.1. The Bertz CT molecular complexity index is 774. The van der Waals surface area contributed by atoms with Gasteiger partial charge in [0, 0.05) is 13.6 Å². The second kappa shape index (κ2) is 6.96. The number of nitrogens with one attached hydrogen (secondary N) is 1. The van der Waals surface area contributed by atoms with Crippen molar-refractivity contribution in [2.45, 2.75) is 6.54 Å². The number of nitrogens with zero attached hydrogens (tertiary/aromatic N) is 1. The predicted octanol–water partition coefficient (Wildman–Crippen LogP) is 2.16. The first kappa shape index (κ1) is 16.4. The third-order valence-electron chi connectivity index (χ3n) is 3.48. The van der Waals surface area contributed by atoms with Crippen LogP contribution in [0.15, 0.2) is 39.4 Å². The summed E-state index contributed by atoms with van der Waals surface area (Å²) in [7, 11) is 1.67. The minimum Gasteiger partial charge on any atom is -0.454 e. The van der Waals surface area contributed by atoms with Gasteiger partial charge in [0.05, 0.1) is 6.54 Å². The summed E-state index contributed by atoms with van der Waals surface area (Å²) in [6, 6.07) is 8.66. The molecule has 2 amide bonds. The van der Waals surface area contributed by atoms with Gasteiger partial charge in [-0.2, -0.15) is 0 Å². The van der Waals surface area contributed by atoms with Crippen LogP contribution in [0.4, 0.5) is 0 Å². The number of fused-ring (bicyclic) bond motifs is 1. The molecule has 0 spiro atoms. The minimum absolute atomic E-state index is 0.113. The summed E-state index contributed by atoms with van der Waals surface area (Å²) in [6.45, 7) is 0.498. The molecular formula is C16H15BrN2O5. The van der Waals surface area contributed by atoms with Crippen LogP contribution >= 0.6 is 15.9 Å². The zero-order valence-corrected chi connectivity index (χ0v) is 14.5. The molecule has 126 valence electrons. The van der Waals surface area contributed by atoms with E-state index in [4.69, 9.17) is 13.9 Å². The van der Waals surface area contributed by atoms with Gasteiger partial charge >= 0.3 is 0 Å². The molecule has 8 heteroatoms. The predicted molar refractivity (Wildman–Crippen MR) is 87.8 cm³/mol. The van der Waals surface area contributed by atoms with E-state index < -0.39 is 5.91 Å². The Kier molecular flexibility index (Phi) is 4.75. The van der Waals surface area contributed by atoms with Crippen molar-refractivity contribution in [2.24, 2.45) is 0 Å². The molecule has 0 atom stereocenters. The highest BCUT2D eigenvalue weighted by molar-refractivity contribution is 9.10. The molecule has 0 radical (unpaired) electrons. The lowest BCUT2D eigenvalue weighted by Gasteiger charge is -2.17. The van der Waals surface area contributed by atoms with Gasteiger partial charge in [-0.1, -0.05) is 6.07 Å². The summed E-state index contributed by atoms with van der Waals surface area (Å²) in [6.07, 6.45) is 0. The molecular weight excluding hydrogens is 380 g/mol. The number of halogens is 1. The fraction of sp³-hybridized carbons (Fsp3) is 0.250. The lowest BCUT2D eigenvalue weighted by atomic mass is 10.2. The molecule has 3 rings (SSSR count). The van der Waals surface area contributed by atoms with Crippen LogP contribution in [0.5, 0.6) is 11.5 Å². The quantitative estimate of drug-likeness (QED) is 0.840. The lowest BCUT2D eigenvalue weighted by molar-refractivity contribution is -0.129. The van der Waals surface area contributed by atoms with Gasteiger partial charge in [-0.05, 0) is 45.8 Å². The van der Waals surface area contributed by atoms with E-state index in [1.165, 1.54) is 11.0 Å². The molecule has 0 saturated heterocycles. The molecule has 0 fully saturated rings. The molecule has 0 saturated carbocycles. The second-order valence-electron chi connectivity index (χ2n) is 5.22. The molecule has 0 bridgehead atoms. The third-order valence-corrected chi connectivity index (χ3v) is 3.91. The SMILES string of the molecule is CN(Cc1ccc2c(c1)OCO2)C(=O)CNC(=O)c1ccc(Br)o1. The van der Waals surface area contributed by atoms with Gasteiger partial charge < -0.3 is 24.1 Å². The van der Waals surface area contributed by atoms with Crippen molar-refractivity contribution in [3.63, 3.8) is 0 Å². The van der Waals surface area contributed by atoms with Crippen molar-refractivity contribution in [3.8, 4) is 11.5 Å². The van der Waals surface area contributed by atoms with Gasteiger partial charge in [0.1, 0.15) is 0 Å². The highest BCUT2D eigenvalue weighted by atomic mass is 79.9. The number of hydrogen-bond acceptors (Lipinski definition) is 5. The maximum atomic E-state index is 12.1. The summed E-state index contributed by atoms with van der Waals surface area (Å²) < 4.78 is 16.2. The van der Waals surface area contributed by atoms with Crippen LogP contribution in [-0.2, 0) is 11.3 Å². The Morgan fingerprint density at radius 3 is 2.75 bits per heavy atom. The van der Waals surface area contributed by atoms with E-state index in [0.717, 1.165) is 5.56 Å². The number of carbonyl (C=O) groups is 2. The number of benzene rings is 1. The molecule has 2 heterocycles. The Morgan fingerprint density at radius 2 is 2.00 bits per heavy atom. The van der Waals surface area contributed by atoms with E-state index in [2.05, 4.69) is 21.2 Å². The number of hydrogen-bond donors (Lipinski definition) is 1. The number of amides is 2. The number of rotatable bonds is 5. The van der Waals surface area contributed by atoms with E-state index in [1.807, 2.05) is 18.2 Å². The Labute approximate surface area is 146 Å². The number of carbonyl (C=O) groups excluding carboxylic acids is 2. The Hall–Kier alpha value is -2.48. The lowest BCUT2D eigenvalue weighted by Crippen LogP contribution is -2.37. The monoisotopic (exact) mass is 394 g/mol. The van der Waals surface area contributed by atoms with E-state index in [9.17, 15) is 9.59 Å². The van der Waals surface area contributed by atoms with Gasteiger partial charge in [-0.15, -0.1) is 0 Å². The van der Waals surface area contributed by atoms with Crippen LogP contribution in [0.2, 0.25) is 0 Å². The molecule has 0 aliphatic carbocycles. The summed E-state index contributed by atoms with van der Waals surface area (Å²) in [5.41, 5.74) is 0.913. The fourth-order valence-electron chi connectivity index (χ4n) is 2.22. The molecule has 0 unspecified atom stereocenters. The number of likely N-dealkylation sites (N-methyl/N-ethyl adjacent to an activating group) is 1. The van der Waals surface area contributed by atoms with Crippen LogP contribution < -0.4 is 14.8 Å². The molecule has 7 nitrogen and oxygen atoms in total. The number of furan rings is 1. The van der Waals surface area contributed by atoms with Crippen LogP contribution in [-0.4, -0.2) is 37.1 Å². The summed E-state index contributed by atoms with van der Waals surface area (Å²) in [4.78, 5) is 25.5.